The summed E-state index contributed by atoms with van der Waals surface area (Å²) in [4.78, 5) is 11.7. The molecule has 0 bridgehead atoms. The van der Waals surface area contributed by atoms with E-state index in [1.54, 1.807) is 6.92 Å². The fraction of sp³-hybridized carbons (Fsp3) is 0.500. The van der Waals surface area contributed by atoms with Crippen LogP contribution in [0.5, 0.6) is 11.5 Å². The first-order valence-corrected chi connectivity index (χ1v) is 6.55. The predicted molar refractivity (Wildman–Crippen MR) is 69.1 cm³/mol. The highest BCUT2D eigenvalue weighted by molar-refractivity contribution is 5.75. The van der Waals surface area contributed by atoms with Crippen molar-refractivity contribution in [2.75, 3.05) is 6.61 Å². The lowest BCUT2D eigenvalue weighted by Gasteiger charge is -2.19. The second-order valence-electron chi connectivity index (χ2n) is 4.14. The smallest absolute Gasteiger partial charge is 0.475 e. The Hall–Kier alpha value is -1.92. The van der Waals surface area contributed by atoms with Crippen LogP contribution in [0.25, 0.3) is 0 Å². The van der Waals surface area contributed by atoms with Crippen LogP contribution in [0.1, 0.15) is 26.7 Å². The molecule has 0 aliphatic rings. The first-order chi connectivity index (χ1) is 9.87. The maximum Gasteiger partial charge on any atom is 0.573 e. The zero-order chi connectivity index (χ0) is 15.9. The Morgan fingerprint density at radius 1 is 1.19 bits per heavy atom. The Kier molecular flexibility index (Phi) is 6.33. The normalized spacial score (nSPS) is 12.6. The molecule has 1 aromatic carbocycles. The lowest BCUT2D eigenvalue weighted by Crippen LogP contribution is -2.29. The third-order valence-corrected chi connectivity index (χ3v) is 2.44. The van der Waals surface area contributed by atoms with Crippen molar-refractivity contribution in [1.82, 2.24) is 0 Å². The molecule has 0 radical (unpaired) electrons. The van der Waals surface area contributed by atoms with Gasteiger partial charge in [0.1, 0.15) is 0 Å². The second-order valence-corrected chi connectivity index (χ2v) is 4.14. The molecule has 1 unspecified atom stereocenters. The largest absolute Gasteiger partial charge is 0.573 e. The highest BCUT2D eigenvalue weighted by atomic mass is 19.4. The number of rotatable bonds is 7. The Morgan fingerprint density at radius 2 is 1.81 bits per heavy atom. The third kappa shape index (κ3) is 5.93. The molecule has 0 saturated carbocycles. The van der Waals surface area contributed by atoms with Crippen molar-refractivity contribution >= 4 is 5.97 Å². The van der Waals surface area contributed by atoms with Crippen LogP contribution in [-0.4, -0.2) is 25.0 Å². The van der Waals surface area contributed by atoms with Crippen LogP contribution in [0, 0.1) is 0 Å². The number of esters is 1. The average molecular weight is 306 g/mol. The number of benzene rings is 1. The summed E-state index contributed by atoms with van der Waals surface area (Å²) in [5, 5.41) is 0. The van der Waals surface area contributed by atoms with Crippen LogP contribution in [0.3, 0.4) is 0 Å². The molecule has 0 fully saturated rings. The summed E-state index contributed by atoms with van der Waals surface area (Å²) in [5.41, 5.74) is 0. The number of ether oxygens (including phenoxy) is 3. The molecule has 21 heavy (non-hydrogen) atoms. The molecule has 7 heteroatoms. The van der Waals surface area contributed by atoms with Gasteiger partial charge in [0.25, 0.3) is 0 Å². The van der Waals surface area contributed by atoms with Gasteiger partial charge in [0.15, 0.2) is 17.6 Å². The van der Waals surface area contributed by atoms with Crippen LogP contribution in [0.2, 0.25) is 0 Å². The minimum Gasteiger partial charge on any atom is -0.475 e. The van der Waals surface area contributed by atoms with E-state index in [0.29, 0.717) is 12.8 Å². The van der Waals surface area contributed by atoms with Gasteiger partial charge in [0.05, 0.1) is 6.61 Å². The quantitative estimate of drug-likeness (QED) is 0.721. The number of alkyl halides is 3. The van der Waals surface area contributed by atoms with E-state index in [2.05, 4.69) is 4.74 Å². The van der Waals surface area contributed by atoms with E-state index in [1.807, 2.05) is 6.92 Å². The molecule has 0 saturated heterocycles. The number of carbonyl (C=O) groups is 1. The van der Waals surface area contributed by atoms with Crippen molar-refractivity contribution < 1.29 is 32.2 Å². The fourth-order valence-corrected chi connectivity index (χ4v) is 1.63. The van der Waals surface area contributed by atoms with Gasteiger partial charge < -0.3 is 14.2 Å². The summed E-state index contributed by atoms with van der Waals surface area (Å²) in [6, 6.07) is 5.31. The number of carbonyl (C=O) groups excluding carboxylic acids is 1. The molecule has 0 aliphatic heterocycles. The molecular weight excluding hydrogens is 289 g/mol. The van der Waals surface area contributed by atoms with Crippen LogP contribution < -0.4 is 9.47 Å². The van der Waals surface area contributed by atoms with Crippen molar-refractivity contribution in [3.8, 4) is 11.5 Å². The second kappa shape index (κ2) is 7.75. The summed E-state index contributed by atoms with van der Waals surface area (Å²) in [7, 11) is 0. The van der Waals surface area contributed by atoms with Gasteiger partial charge in [-0.2, -0.15) is 0 Å². The summed E-state index contributed by atoms with van der Waals surface area (Å²) in [5.74, 6) is -1.25. The maximum absolute atomic E-state index is 12.3. The summed E-state index contributed by atoms with van der Waals surface area (Å²) in [6.45, 7) is 3.64. The van der Waals surface area contributed by atoms with Crippen LogP contribution >= 0.6 is 0 Å². The van der Waals surface area contributed by atoms with Crippen molar-refractivity contribution in [2.45, 2.75) is 39.2 Å². The molecule has 4 nitrogen and oxygen atoms in total. The van der Waals surface area contributed by atoms with E-state index >= 15 is 0 Å². The first kappa shape index (κ1) is 17.1. The van der Waals surface area contributed by atoms with E-state index in [4.69, 9.17) is 9.47 Å². The average Bonchev–Trinajstić information content (AvgIpc) is 2.39. The zero-order valence-corrected chi connectivity index (χ0v) is 11.8. The topological polar surface area (TPSA) is 44.8 Å². The van der Waals surface area contributed by atoms with Crippen LogP contribution in [-0.2, 0) is 9.53 Å². The predicted octanol–water partition coefficient (Wildman–Crippen LogP) is 3.70. The minimum absolute atomic E-state index is 0.152. The monoisotopic (exact) mass is 306 g/mol. The van der Waals surface area contributed by atoms with E-state index in [-0.39, 0.29) is 12.4 Å². The van der Waals surface area contributed by atoms with Crippen molar-refractivity contribution in [1.29, 1.82) is 0 Å². The first-order valence-electron chi connectivity index (χ1n) is 6.55. The molecule has 0 spiro atoms. The van der Waals surface area contributed by atoms with Gasteiger partial charge >= 0.3 is 12.3 Å². The van der Waals surface area contributed by atoms with Gasteiger partial charge in [-0.15, -0.1) is 13.2 Å². The SMILES string of the molecule is CCCC(Oc1ccccc1OC(F)(F)F)C(=O)OCC. The van der Waals surface area contributed by atoms with Crippen molar-refractivity contribution in [2.24, 2.45) is 0 Å². The van der Waals surface area contributed by atoms with E-state index in [9.17, 15) is 18.0 Å². The molecule has 1 atom stereocenters. The van der Waals surface area contributed by atoms with Crippen molar-refractivity contribution in [3.05, 3.63) is 24.3 Å². The molecule has 1 aromatic rings. The highest BCUT2D eigenvalue weighted by Gasteiger charge is 2.33. The molecule has 0 aromatic heterocycles. The molecule has 0 amide bonds. The number of hydrogen-bond acceptors (Lipinski definition) is 4. The van der Waals surface area contributed by atoms with Gasteiger partial charge in [-0.05, 0) is 25.5 Å². The van der Waals surface area contributed by atoms with E-state index < -0.39 is 24.2 Å². The Morgan fingerprint density at radius 3 is 2.33 bits per heavy atom. The summed E-state index contributed by atoms with van der Waals surface area (Å²) >= 11 is 0. The van der Waals surface area contributed by atoms with Gasteiger partial charge in [0, 0.05) is 0 Å². The lowest BCUT2D eigenvalue weighted by atomic mass is 10.2. The standard InChI is InChI=1S/C14H17F3O4/c1-3-7-12(13(18)19-4-2)20-10-8-5-6-9-11(10)21-14(15,16)17/h5-6,8-9,12H,3-4,7H2,1-2H3. The molecule has 0 aliphatic carbocycles. The van der Waals surface area contributed by atoms with Gasteiger partial charge in [-0.25, -0.2) is 4.79 Å². The van der Waals surface area contributed by atoms with E-state index in [1.165, 1.54) is 18.2 Å². The van der Waals surface area contributed by atoms with E-state index in [0.717, 1.165) is 6.07 Å². The number of para-hydroxylation sites is 2. The highest BCUT2D eigenvalue weighted by Crippen LogP contribution is 2.32. The molecule has 1 rings (SSSR count). The zero-order valence-electron chi connectivity index (χ0n) is 11.8. The summed E-state index contributed by atoms with van der Waals surface area (Å²) in [6.07, 6.45) is -4.85. The minimum atomic E-state index is -4.83. The lowest BCUT2D eigenvalue weighted by molar-refractivity contribution is -0.275. The number of halogens is 3. The number of hydrogen-bond donors (Lipinski definition) is 0. The van der Waals surface area contributed by atoms with Gasteiger partial charge in [0.2, 0.25) is 0 Å². The fourth-order valence-electron chi connectivity index (χ4n) is 1.63. The molecular formula is C14H17F3O4. The molecule has 0 N–H and O–H groups in total. The third-order valence-electron chi connectivity index (χ3n) is 2.44. The van der Waals surface area contributed by atoms with Gasteiger partial charge in [-0.1, -0.05) is 25.5 Å². The summed E-state index contributed by atoms with van der Waals surface area (Å²) < 4.78 is 51.0. The Labute approximate surface area is 120 Å². The Bertz CT molecular complexity index is 460. The van der Waals surface area contributed by atoms with Crippen molar-refractivity contribution in [3.63, 3.8) is 0 Å². The molecule has 0 heterocycles. The van der Waals surface area contributed by atoms with Gasteiger partial charge in [-0.3, -0.25) is 0 Å². The maximum atomic E-state index is 12.3. The Balaban J connectivity index is 2.90. The van der Waals surface area contributed by atoms with Crippen LogP contribution in [0.4, 0.5) is 13.2 Å². The van der Waals surface area contributed by atoms with Crippen LogP contribution in [0.15, 0.2) is 24.3 Å². The molecule has 118 valence electrons.